The van der Waals surface area contributed by atoms with Crippen LogP contribution < -0.4 is 5.32 Å². The third-order valence-corrected chi connectivity index (χ3v) is 5.50. The van der Waals surface area contributed by atoms with E-state index in [1.807, 2.05) is 36.5 Å². The quantitative estimate of drug-likeness (QED) is 0.873. The Morgan fingerprint density at radius 2 is 2.09 bits per heavy atom. The molecule has 1 unspecified atom stereocenters. The molecule has 1 aromatic heterocycles. The van der Waals surface area contributed by atoms with E-state index in [1.165, 1.54) is 4.90 Å². The number of aromatic nitrogens is 2. The molecule has 6 nitrogen and oxygen atoms in total. The molecule has 3 amide bonds. The predicted molar refractivity (Wildman–Crippen MR) is 87.3 cm³/mol. The van der Waals surface area contributed by atoms with Crippen LogP contribution in [0.1, 0.15) is 12.0 Å². The van der Waals surface area contributed by atoms with Crippen molar-refractivity contribution in [1.82, 2.24) is 20.0 Å². The van der Waals surface area contributed by atoms with Crippen LogP contribution in [0, 0.1) is 0 Å². The second-order valence-electron chi connectivity index (χ2n) is 5.82. The van der Waals surface area contributed by atoms with Crippen molar-refractivity contribution in [2.75, 3.05) is 11.5 Å². The van der Waals surface area contributed by atoms with Crippen molar-refractivity contribution in [2.45, 2.75) is 18.5 Å². The third kappa shape index (κ3) is 2.41. The van der Waals surface area contributed by atoms with Crippen LogP contribution in [-0.4, -0.2) is 43.7 Å². The van der Waals surface area contributed by atoms with Gasteiger partial charge in [-0.15, -0.1) is 0 Å². The molecule has 2 aromatic rings. The topological polar surface area (TPSA) is 67.2 Å². The SMILES string of the molecule is O=C1NC2(CCSC2)C(=O)N1Cc1ccc(-n2cccn2)cc1. The van der Waals surface area contributed by atoms with E-state index in [-0.39, 0.29) is 11.9 Å². The summed E-state index contributed by atoms with van der Waals surface area (Å²) in [6.45, 7) is 0.302. The van der Waals surface area contributed by atoms with Gasteiger partial charge in [0.2, 0.25) is 0 Å². The molecule has 0 aliphatic carbocycles. The summed E-state index contributed by atoms with van der Waals surface area (Å²) in [5.41, 5.74) is 1.20. The number of benzene rings is 1. The zero-order valence-electron chi connectivity index (χ0n) is 12.4. The molecular formula is C16H16N4O2S. The van der Waals surface area contributed by atoms with Gasteiger partial charge in [-0.1, -0.05) is 12.1 Å². The molecular weight excluding hydrogens is 312 g/mol. The highest BCUT2D eigenvalue weighted by Gasteiger charge is 2.52. The van der Waals surface area contributed by atoms with Crippen LogP contribution >= 0.6 is 11.8 Å². The number of thioether (sulfide) groups is 1. The van der Waals surface area contributed by atoms with E-state index >= 15 is 0 Å². The van der Waals surface area contributed by atoms with Gasteiger partial charge in [-0.25, -0.2) is 9.48 Å². The second-order valence-corrected chi connectivity index (χ2v) is 6.93. The Hall–Kier alpha value is -2.28. The van der Waals surface area contributed by atoms with Gasteiger partial charge in [-0.05, 0) is 35.9 Å². The molecule has 2 aliphatic rings. The van der Waals surface area contributed by atoms with E-state index in [0.29, 0.717) is 12.3 Å². The van der Waals surface area contributed by atoms with E-state index in [4.69, 9.17) is 0 Å². The fourth-order valence-electron chi connectivity index (χ4n) is 3.01. The number of nitrogens with one attached hydrogen (secondary N) is 1. The largest absolute Gasteiger partial charge is 0.325 e. The number of nitrogens with zero attached hydrogens (tertiary/aromatic N) is 3. The maximum absolute atomic E-state index is 12.6. The molecule has 0 bridgehead atoms. The van der Waals surface area contributed by atoms with Crippen LogP contribution in [-0.2, 0) is 11.3 Å². The van der Waals surface area contributed by atoms with Gasteiger partial charge in [0.15, 0.2) is 0 Å². The lowest BCUT2D eigenvalue weighted by molar-refractivity contribution is -0.130. The fourth-order valence-corrected chi connectivity index (χ4v) is 4.34. The van der Waals surface area contributed by atoms with Crippen molar-refractivity contribution in [3.63, 3.8) is 0 Å². The van der Waals surface area contributed by atoms with Gasteiger partial charge in [0.25, 0.3) is 5.91 Å². The summed E-state index contributed by atoms with van der Waals surface area (Å²) in [6, 6.07) is 9.29. The summed E-state index contributed by atoms with van der Waals surface area (Å²) in [7, 11) is 0. The smallest absolute Gasteiger partial charge is 0.322 e. The van der Waals surface area contributed by atoms with Gasteiger partial charge in [0.05, 0.1) is 12.2 Å². The first-order chi connectivity index (χ1) is 11.2. The minimum atomic E-state index is -0.670. The van der Waals surface area contributed by atoms with Crippen molar-refractivity contribution < 1.29 is 9.59 Å². The Morgan fingerprint density at radius 1 is 1.26 bits per heavy atom. The maximum Gasteiger partial charge on any atom is 0.325 e. The van der Waals surface area contributed by atoms with Gasteiger partial charge < -0.3 is 5.32 Å². The molecule has 3 heterocycles. The van der Waals surface area contributed by atoms with Crippen LogP contribution in [0.2, 0.25) is 0 Å². The number of urea groups is 1. The van der Waals surface area contributed by atoms with Crippen LogP contribution in [0.25, 0.3) is 5.69 Å². The summed E-state index contributed by atoms with van der Waals surface area (Å²) >= 11 is 1.71. The van der Waals surface area contributed by atoms with Crippen LogP contribution in [0.3, 0.4) is 0 Å². The normalized spacial score (nSPS) is 23.7. The number of imide groups is 1. The third-order valence-electron chi connectivity index (χ3n) is 4.31. The minimum Gasteiger partial charge on any atom is -0.322 e. The zero-order valence-corrected chi connectivity index (χ0v) is 13.3. The van der Waals surface area contributed by atoms with E-state index in [2.05, 4.69) is 10.4 Å². The Morgan fingerprint density at radius 3 is 2.74 bits per heavy atom. The van der Waals surface area contributed by atoms with Crippen LogP contribution in [0.4, 0.5) is 4.79 Å². The average molecular weight is 328 g/mol. The zero-order chi connectivity index (χ0) is 15.9. The van der Waals surface area contributed by atoms with E-state index in [1.54, 1.807) is 22.6 Å². The maximum atomic E-state index is 12.6. The molecule has 1 spiro atoms. The summed E-state index contributed by atoms with van der Waals surface area (Å²) in [6.07, 6.45) is 4.31. The van der Waals surface area contributed by atoms with E-state index in [0.717, 1.165) is 23.4 Å². The summed E-state index contributed by atoms with van der Waals surface area (Å²) < 4.78 is 1.77. The first-order valence-electron chi connectivity index (χ1n) is 7.49. The standard InChI is InChI=1S/C16H16N4O2S/c21-14-16(6-9-23-11-16)18-15(22)19(14)10-12-2-4-13(5-3-12)20-8-1-7-17-20/h1-5,7-8H,6,9-11H2,(H,18,22). The van der Waals surface area contributed by atoms with Crippen molar-refractivity contribution in [3.8, 4) is 5.69 Å². The van der Waals surface area contributed by atoms with Crippen molar-refractivity contribution >= 4 is 23.7 Å². The molecule has 1 N–H and O–H groups in total. The number of carbonyl (C=O) groups excluding carboxylic acids is 2. The molecule has 1 atom stereocenters. The van der Waals surface area contributed by atoms with Gasteiger partial charge in [-0.2, -0.15) is 16.9 Å². The van der Waals surface area contributed by atoms with Crippen LogP contribution in [0.15, 0.2) is 42.7 Å². The van der Waals surface area contributed by atoms with Crippen molar-refractivity contribution in [3.05, 3.63) is 48.3 Å². The first-order valence-corrected chi connectivity index (χ1v) is 8.64. The number of carbonyl (C=O) groups is 2. The highest BCUT2D eigenvalue weighted by Crippen LogP contribution is 2.33. The molecule has 2 fully saturated rings. The molecule has 2 aliphatic heterocycles. The molecule has 0 saturated carbocycles. The second kappa shape index (κ2) is 5.42. The predicted octanol–water partition coefficient (Wildman–Crippen LogP) is 1.80. The fraction of sp³-hybridized carbons (Fsp3) is 0.312. The Kier molecular flexibility index (Phi) is 3.37. The first kappa shape index (κ1) is 14.3. The van der Waals surface area contributed by atoms with Crippen LogP contribution in [0.5, 0.6) is 0 Å². The molecule has 0 radical (unpaired) electrons. The number of rotatable bonds is 3. The Balaban J connectivity index is 1.52. The molecule has 1 aromatic carbocycles. The molecule has 23 heavy (non-hydrogen) atoms. The van der Waals surface area contributed by atoms with Gasteiger partial charge >= 0.3 is 6.03 Å². The molecule has 7 heteroatoms. The highest BCUT2D eigenvalue weighted by atomic mass is 32.2. The van der Waals surface area contributed by atoms with E-state index < -0.39 is 5.54 Å². The number of hydrogen-bond acceptors (Lipinski definition) is 4. The molecule has 2 saturated heterocycles. The lowest BCUT2D eigenvalue weighted by Crippen LogP contribution is -2.46. The minimum absolute atomic E-state index is 0.0938. The number of amides is 3. The summed E-state index contributed by atoms with van der Waals surface area (Å²) in [5.74, 6) is 1.49. The molecule has 4 rings (SSSR count). The monoisotopic (exact) mass is 328 g/mol. The van der Waals surface area contributed by atoms with Gasteiger partial charge in [-0.3, -0.25) is 9.69 Å². The Bertz CT molecular complexity index is 736. The van der Waals surface area contributed by atoms with E-state index in [9.17, 15) is 9.59 Å². The summed E-state index contributed by atoms with van der Waals surface area (Å²) in [5, 5.41) is 7.06. The number of hydrogen-bond donors (Lipinski definition) is 1. The van der Waals surface area contributed by atoms with Crippen molar-refractivity contribution in [2.24, 2.45) is 0 Å². The highest BCUT2D eigenvalue weighted by molar-refractivity contribution is 7.99. The average Bonchev–Trinajstić information content (AvgIpc) is 3.28. The van der Waals surface area contributed by atoms with Gasteiger partial charge in [0, 0.05) is 18.1 Å². The lowest BCUT2D eigenvalue weighted by Gasteiger charge is -2.19. The lowest BCUT2D eigenvalue weighted by atomic mass is 9.99. The molecule has 118 valence electrons. The Labute approximate surface area is 137 Å². The van der Waals surface area contributed by atoms with Crippen molar-refractivity contribution in [1.29, 1.82) is 0 Å². The van der Waals surface area contributed by atoms with Gasteiger partial charge in [0.1, 0.15) is 5.54 Å². The summed E-state index contributed by atoms with van der Waals surface area (Å²) in [4.78, 5) is 26.1.